The maximum atomic E-state index is 5.33. The van der Waals surface area contributed by atoms with E-state index in [1.807, 2.05) is 36.5 Å². The van der Waals surface area contributed by atoms with Gasteiger partial charge in [-0.3, -0.25) is 4.40 Å². The lowest BCUT2D eigenvalue weighted by Crippen LogP contribution is -2.01. The lowest BCUT2D eigenvalue weighted by Gasteiger charge is -2.17. The van der Waals surface area contributed by atoms with Gasteiger partial charge in [-0.15, -0.1) is 0 Å². The van der Waals surface area contributed by atoms with Crippen LogP contribution in [0.15, 0.2) is 176 Å². The Morgan fingerprint density at radius 1 is 0.373 bits per heavy atom. The fourth-order valence-electron chi connectivity index (χ4n) is 7.15. The molecule has 0 unspecified atom stereocenters. The first-order valence-corrected chi connectivity index (χ1v) is 17.1. The molecule has 10 rings (SSSR count). The van der Waals surface area contributed by atoms with Gasteiger partial charge in [0.2, 0.25) is 0 Å². The lowest BCUT2D eigenvalue weighted by molar-refractivity contribution is 1.18. The van der Waals surface area contributed by atoms with E-state index >= 15 is 0 Å². The zero-order chi connectivity index (χ0) is 33.7. The molecular formula is C46H29N5. The van der Waals surface area contributed by atoms with E-state index in [1.165, 1.54) is 5.39 Å². The molecule has 4 aromatic heterocycles. The Morgan fingerprint density at radius 3 is 1.67 bits per heavy atom. The molecule has 0 N–H and O–H groups in total. The summed E-state index contributed by atoms with van der Waals surface area (Å²) in [6.45, 7) is 0. The molecule has 238 valence electrons. The molecular weight excluding hydrogens is 623 g/mol. The average molecular weight is 652 g/mol. The molecule has 51 heavy (non-hydrogen) atoms. The van der Waals surface area contributed by atoms with Crippen LogP contribution in [0.2, 0.25) is 0 Å². The van der Waals surface area contributed by atoms with E-state index in [1.54, 1.807) is 0 Å². The van der Waals surface area contributed by atoms with E-state index in [4.69, 9.17) is 19.9 Å². The summed E-state index contributed by atoms with van der Waals surface area (Å²) in [7, 11) is 0. The average Bonchev–Trinajstić information content (AvgIpc) is 3.59. The second kappa shape index (κ2) is 11.9. The summed E-state index contributed by atoms with van der Waals surface area (Å²) < 4.78 is 2.06. The van der Waals surface area contributed by atoms with Gasteiger partial charge in [-0.05, 0) is 34.5 Å². The van der Waals surface area contributed by atoms with Crippen LogP contribution in [0.3, 0.4) is 0 Å². The monoisotopic (exact) mass is 651 g/mol. The molecule has 4 heterocycles. The molecule has 0 radical (unpaired) electrons. The second-order valence-electron chi connectivity index (χ2n) is 12.7. The van der Waals surface area contributed by atoms with Gasteiger partial charge in [0.25, 0.3) is 0 Å². The highest BCUT2D eigenvalue weighted by atomic mass is 15.1. The first kappa shape index (κ1) is 29.0. The third-order valence-corrected chi connectivity index (χ3v) is 9.62. The fraction of sp³-hybridized carbons (Fsp3) is 0. The third-order valence-electron chi connectivity index (χ3n) is 9.62. The summed E-state index contributed by atoms with van der Waals surface area (Å²) in [6, 6.07) is 58.8. The van der Waals surface area contributed by atoms with Gasteiger partial charge in [0.1, 0.15) is 11.2 Å². The van der Waals surface area contributed by atoms with Gasteiger partial charge < -0.3 is 0 Å². The SMILES string of the molecule is c1ccc(-c2nc(-c3ccc4ccccc4c3)nc(-c3ccccc3)c2-c2ccc(-c3nc4c(nc5ccccn54)c4ccccc34)cc2)cc1. The van der Waals surface area contributed by atoms with Crippen LogP contribution < -0.4 is 0 Å². The van der Waals surface area contributed by atoms with Crippen molar-refractivity contribution in [1.29, 1.82) is 0 Å². The van der Waals surface area contributed by atoms with Crippen LogP contribution in [0, 0.1) is 0 Å². The van der Waals surface area contributed by atoms with Gasteiger partial charge in [-0.25, -0.2) is 19.9 Å². The molecule has 0 aliphatic heterocycles. The number of pyridine rings is 2. The number of rotatable bonds is 5. The molecule has 0 saturated heterocycles. The standard InChI is InChI=1S/C46H29N5/c1-3-14-32(15-4-1)42-40(43(33-16-5-2-6-17-33)49-45(48-42)36-27-22-30-13-7-8-18-35(30)29-36)31-23-25-34(26-24-31)41-37-19-9-10-20-38(37)44-46(50-41)51-28-12-11-21-39(51)47-44/h1-29H. The maximum absolute atomic E-state index is 5.33. The molecule has 0 aliphatic rings. The first-order valence-electron chi connectivity index (χ1n) is 17.1. The zero-order valence-corrected chi connectivity index (χ0v) is 27.5. The van der Waals surface area contributed by atoms with Crippen molar-refractivity contribution in [3.63, 3.8) is 0 Å². The molecule has 0 atom stereocenters. The van der Waals surface area contributed by atoms with Crippen LogP contribution in [-0.4, -0.2) is 24.3 Å². The molecule has 0 saturated carbocycles. The van der Waals surface area contributed by atoms with E-state index in [0.29, 0.717) is 5.82 Å². The van der Waals surface area contributed by atoms with Gasteiger partial charge in [0.05, 0.1) is 17.1 Å². The van der Waals surface area contributed by atoms with Crippen molar-refractivity contribution in [2.24, 2.45) is 0 Å². The summed E-state index contributed by atoms with van der Waals surface area (Å²) in [5, 5.41) is 4.50. The largest absolute Gasteiger partial charge is 0.284 e. The van der Waals surface area contributed by atoms with Crippen molar-refractivity contribution in [1.82, 2.24) is 24.3 Å². The third kappa shape index (κ3) is 4.94. The Hall–Kier alpha value is -6.98. The van der Waals surface area contributed by atoms with E-state index in [2.05, 4.69) is 144 Å². The van der Waals surface area contributed by atoms with Crippen LogP contribution in [-0.2, 0) is 0 Å². The summed E-state index contributed by atoms with van der Waals surface area (Å²) in [5.41, 5.74) is 11.4. The minimum Gasteiger partial charge on any atom is -0.284 e. The molecule has 0 fully saturated rings. The molecule has 5 heteroatoms. The van der Waals surface area contributed by atoms with Gasteiger partial charge >= 0.3 is 0 Å². The number of hydrogen-bond acceptors (Lipinski definition) is 4. The van der Waals surface area contributed by atoms with Crippen molar-refractivity contribution in [2.75, 3.05) is 0 Å². The van der Waals surface area contributed by atoms with Gasteiger partial charge in [-0.2, -0.15) is 0 Å². The molecule has 0 bridgehead atoms. The number of fused-ring (bicyclic) bond motifs is 6. The minimum atomic E-state index is 0.691. The van der Waals surface area contributed by atoms with Crippen LogP contribution >= 0.6 is 0 Å². The van der Waals surface area contributed by atoms with E-state index < -0.39 is 0 Å². The molecule has 10 aromatic rings. The van der Waals surface area contributed by atoms with Gasteiger partial charge in [-0.1, -0.05) is 152 Å². The zero-order valence-electron chi connectivity index (χ0n) is 27.5. The Balaban J connectivity index is 1.19. The molecule has 6 aromatic carbocycles. The van der Waals surface area contributed by atoms with E-state index in [9.17, 15) is 0 Å². The van der Waals surface area contributed by atoms with Crippen molar-refractivity contribution in [2.45, 2.75) is 0 Å². The lowest BCUT2D eigenvalue weighted by atomic mass is 9.92. The first-order chi connectivity index (χ1) is 25.3. The van der Waals surface area contributed by atoms with Crippen LogP contribution in [0.5, 0.6) is 0 Å². The van der Waals surface area contributed by atoms with Gasteiger partial charge in [0, 0.05) is 44.8 Å². The van der Waals surface area contributed by atoms with Gasteiger partial charge in [0.15, 0.2) is 11.5 Å². The normalized spacial score (nSPS) is 11.5. The van der Waals surface area contributed by atoms with Crippen molar-refractivity contribution in [3.05, 3.63) is 176 Å². The summed E-state index contributed by atoms with van der Waals surface area (Å²) >= 11 is 0. The minimum absolute atomic E-state index is 0.691. The number of aromatic nitrogens is 5. The Morgan fingerprint density at radius 2 is 0.941 bits per heavy atom. The number of benzene rings is 6. The van der Waals surface area contributed by atoms with Crippen molar-refractivity contribution < 1.29 is 0 Å². The van der Waals surface area contributed by atoms with Crippen molar-refractivity contribution in [3.8, 4) is 56.3 Å². The van der Waals surface area contributed by atoms with Crippen molar-refractivity contribution >= 4 is 38.4 Å². The number of imidazole rings is 1. The Bertz CT molecular complexity index is 2830. The van der Waals surface area contributed by atoms with Crippen LogP contribution in [0.1, 0.15) is 0 Å². The quantitative estimate of drug-likeness (QED) is 0.186. The molecule has 5 nitrogen and oxygen atoms in total. The predicted octanol–water partition coefficient (Wildman–Crippen LogP) is 11.3. The molecule has 0 amide bonds. The number of nitrogens with zero attached hydrogens (tertiary/aromatic N) is 5. The van der Waals surface area contributed by atoms with E-state index in [-0.39, 0.29) is 0 Å². The summed E-state index contributed by atoms with van der Waals surface area (Å²) in [4.78, 5) is 20.8. The summed E-state index contributed by atoms with van der Waals surface area (Å²) in [5.74, 6) is 0.691. The highest BCUT2D eigenvalue weighted by molar-refractivity contribution is 6.09. The topological polar surface area (TPSA) is 56.0 Å². The Kier molecular flexibility index (Phi) is 6.74. The highest BCUT2D eigenvalue weighted by Gasteiger charge is 2.21. The maximum Gasteiger partial charge on any atom is 0.165 e. The predicted molar refractivity (Wildman–Crippen MR) is 208 cm³/mol. The number of hydrogen-bond donors (Lipinski definition) is 0. The van der Waals surface area contributed by atoms with Crippen LogP contribution in [0.25, 0.3) is 94.6 Å². The Labute approximate surface area is 294 Å². The fourth-order valence-corrected chi connectivity index (χ4v) is 7.15. The highest BCUT2D eigenvalue weighted by Crippen LogP contribution is 2.41. The smallest absolute Gasteiger partial charge is 0.165 e. The molecule has 0 aliphatic carbocycles. The summed E-state index contributed by atoms with van der Waals surface area (Å²) in [6.07, 6.45) is 2.02. The van der Waals surface area contributed by atoms with E-state index in [0.717, 1.165) is 83.4 Å². The molecule has 0 spiro atoms. The second-order valence-corrected chi connectivity index (χ2v) is 12.7. The van der Waals surface area contributed by atoms with Crippen LogP contribution in [0.4, 0.5) is 0 Å².